The van der Waals surface area contributed by atoms with E-state index in [2.05, 4.69) is 53.5 Å². The fraction of sp³-hybridized carbons (Fsp3) is 0.304. The van der Waals surface area contributed by atoms with E-state index >= 15 is 0 Å². The molecule has 0 saturated carbocycles. The number of hydrogen-bond donors (Lipinski definition) is 4. The summed E-state index contributed by atoms with van der Waals surface area (Å²) in [6.07, 6.45) is 4.25. The first-order valence-electron chi connectivity index (χ1n) is 9.69. The first kappa shape index (κ1) is 18.6. The lowest BCUT2D eigenvalue weighted by molar-refractivity contribution is 0.0996. The molecule has 2 aromatic heterocycles. The fourth-order valence-electron chi connectivity index (χ4n) is 3.64. The van der Waals surface area contributed by atoms with E-state index in [-0.39, 0.29) is 12.1 Å². The zero-order valence-electron chi connectivity index (χ0n) is 16.3. The highest BCUT2D eigenvalue weighted by molar-refractivity contribution is 5.85. The first-order chi connectivity index (χ1) is 13.5. The number of fused-ring (bicyclic) bond motifs is 2. The number of H-pyrrole nitrogens is 2. The quantitative estimate of drug-likeness (QED) is 0.375. The number of nitrogens with one attached hydrogen (secondary N) is 3. The molecular formula is C23H27N3O2. The molecule has 0 aliphatic heterocycles. The van der Waals surface area contributed by atoms with Crippen LogP contribution in [-0.2, 0) is 6.42 Å². The first-order valence-corrected chi connectivity index (χ1v) is 9.69. The summed E-state index contributed by atoms with van der Waals surface area (Å²) in [5.41, 5.74) is 3.32. The summed E-state index contributed by atoms with van der Waals surface area (Å²) in [5.74, 6) is 0.788. The van der Waals surface area contributed by atoms with Crippen LogP contribution in [0.5, 0.6) is 5.75 Å². The molecular weight excluding hydrogens is 350 g/mol. The molecule has 4 aromatic rings. The van der Waals surface area contributed by atoms with Crippen molar-refractivity contribution in [1.82, 2.24) is 15.3 Å². The van der Waals surface area contributed by atoms with Crippen molar-refractivity contribution in [3.63, 3.8) is 0 Å². The molecule has 5 nitrogen and oxygen atoms in total. The van der Waals surface area contributed by atoms with Gasteiger partial charge in [-0.2, -0.15) is 0 Å². The highest BCUT2D eigenvalue weighted by Gasteiger charge is 2.21. The van der Waals surface area contributed by atoms with Gasteiger partial charge in [0.15, 0.2) is 0 Å². The van der Waals surface area contributed by atoms with Crippen LogP contribution in [0.3, 0.4) is 0 Å². The molecule has 4 N–H and O–H groups in total. The van der Waals surface area contributed by atoms with Crippen molar-refractivity contribution in [2.24, 2.45) is 0 Å². The third-order valence-corrected chi connectivity index (χ3v) is 5.11. The minimum absolute atomic E-state index is 0.146. The van der Waals surface area contributed by atoms with E-state index < -0.39 is 6.10 Å². The lowest BCUT2D eigenvalue weighted by atomic mass is 9.94. The number of hydrogen-bond acceptors (Lipinski definition) is 3. The number of aliphatic hydroxyl groups is 1. The standard InChI is InChI=1S/C23H27N3O2/c1-23(2,12-16-13-25-20-7-4-3-6-18(16)20)26-14-17(27)15-28-22-9-5-8-21-19(22)10-11-24-21/h3-11,13,17,24-27H,12,14-15H2,1-2H3. The van der Waals surface area contributed by atoms with Crippen LogP contribution in [-0.4, -0.2) is 39.9 Å². The Morgan fingerprint density at radius 2 is 1.79 bits per heavy atom. The van der Waals surface area contributed by atoms with Crippen LogP contribution in [0.25, 0.3) is 21.8 Å². The fourth-order valence-corrected chi connectivity index (χ4v) is 3.64. The van der Waals surface area contributed by atoms with E-state index in [9.17, 15) is 5.11 Å². The largest absolute Gasteiger partial charge is 0.490 e. The number of benzene rings is 2. The molecule has 0 aliphatic rings. The molecule has 1 unspecified atom stereocenters. The molecule has 0 aliphatic carbocycles. The van der Waals surface area contributed by atoms with E-state index in [0.717, 1.165) is 28.6 Å². The molecule has 0 fully saturated rings. The minimum atomic E-state index is -0.587. The van der Waals surface area contributed by atoms with Gasteiger partial charge in [-0.1, -0.05) is 24.3 Å². The summed E-state index contributed by atoms with van der Waals surface area (Å²) in [6, 6.07) is 16.2. The van der Waals surface area contributed by atoms with E-state index in [1.807, 2.05) is 36.5 Å². The highest BCUT2D eigenvalue weighted by atomic mass is 16.5. The predicted molar refractivity (Wildman–Crippen MR) is 114 cm³/mol. The Kier molecular flexibility index (Phi) is 5.11. The van der Waals surface area contributed by atoms with Gasteiger partial charge in [0.2, 0.25) is 0 Å². The lowest BCUT2D eigenvalue weighted by Gasteiger charge is -2.28. The maximum Gasteiger partial charge on any atom is 0.128 e. The Morgan fingerprint density at radius 1 is 1.00 bits per heavy atom. The second-order valence-corrected chi connectivity index (χ2v) is 7.96. The summed E-state index contributed by atoms with van der Waals surface area (Å²) >= 11 is 0. The second kappa shape index (κ2) is 7.70. The lowest BCUT2D eigenvalue weighted by Crippen LogP contribution is -2.46. The number of aromatic amines is 2. The Morgan fingerprint density at radius 3 is 2.68 bits per heavy atom. The molecule has 0 bridgehead atoms. The van der Waals surface area contributed by atoms with Crippen molar-refractivity contribution in [1.29, 1.82) is 0 Å². The maximum absolute atomic E-state index is 10.4. The van der Waals surface area contributed by atoms with E-state index in [4.69, 9.17) is 4.74 Å². The van der Waals surface area contributed by atoms with E-state index in [0.29, 0.717) is 6.54 Å². The molecule has 2 heterocycles. The average Bonchev–Trinajstić information content (AvgIpc) is 3.32. The van der Waals surface area contributed by atoms with Crippen molar-refractivity contribution >= 4 is 21.8 Å². The molecule has 28 heavy (non-hydrogen) atoms. The van der Waals surface area contributed by atoms with Gasteiger partial charge in [-0.05, 0) is 50.1 Å². The Bertz CT molecular complexity index is 1060. The van der Waals surface area contributed by atoms with Crippen molar-refractivity contribution in [3.8, 4) is 5.75 Å². The monoisotopic (exact) mass is 377 g/mol. The topological polar surface area (TPSA) is 73.1 Å². The van der Waals surface area contributed by atoms with Crippen LogP contribution in [0.2, 0.25) is 0 Å². The third-order valence-electron chi connectivity index (χ3n) is 5.11. The van der Waals surface area contributed by atoms with Crippen LogP contribution in [0.4, 0.5) is 0 Å². The van der Waals surface area contributed by atoms with E-state index in [1.165, 1.54) is 10.9 Å². The van der Waals surface area contributed by atoms with Gasteiger partial charge in [0.1, 0.15) is 18.5 Å². The minimum Gasteiger partial charge on any atom is -0.490 e. The van der Waals surface area contributed by atoms with E-state index in [1.54, 1.807) is 0 Å². The third kappa shape index (κ3) is 4.06. The zero-order chi connectivity index (χ0) is 19.6. The molecule has 2 aromatic carbocycles. The van der Waals surface area contributed by atoms with Gasteiger partial charge in [0, 0.05) is 46.3 Å². The predicted octanol–water partition coefficient (Wildman–Crippen LogP) is 4.00. The summed E-state index contributed by atoms with van der Waals surface area (Å²) in [5, 5.41) is 16.2. The van der Waals surface area contributed by atoms with Gasteiger partial charge in [-0.15, -0.1) is 0 Å². The van der Waals surface area contributed by atoms with Crippen LogP contribution >= 0.6 is 0 Å². The number of para-hydroxylation sites is 1. The highest BCUT2D eigenvalue weighted by Crippen LogP contribution is 2.25. The number of aromatic nitrogens is 2. The summed E-state index contributed by atoms with van der Waals surface area (Å²) < 4.78 is 5.85. The summed E-state index contributed by atoms with van der Waals surface area (Å²) in [7, 11) is 0. The van der Waals surface area contributed by atoms with Crippen LogP contribution in [0.1, 0.15) is 19.4 Å². The molecule has 5 heteroatoms. The Balaban J connectivity index is 1.32. The van der Waals surface area contributed by atoms with Crippen molar-refractivity contribution < 1.29 is 9.84 Å². The van der Waals surface area contributed by atoms with Crippen molar-refractivity contribution in [2.45, 2.75) is 31.9 Å². The average molecular weight is 377 g/mol. The summed E-state index contributed by atoms with van der Waals surface area (Å²) in [6.45, 7) is 5.03. The van der Waals surface area contributed by atoms with Crippen LogP contribution in [0.15, 0.2) is 60.9 Å². The van der Waals surface area contributed by atoms with Gasteiger partial charge in [0.25, 0.3) is 0 Å². The summed E-state index contributed by atoms with van der Waals surface area (Å²) in [4.78, 5) is 6.50. The molecule has 1 atom stereocenters. The van der Waals surface area contributed by atoms with Crippen molar-refractivity contribution in [2.75, 3.05) is 13.2 Å². The normalized spacial score (nSPS) is 13.2. The van der Waals surface area contributed by atoms with Gasteiger partial charge in [0.05, 0.1) is 0 Å². The molecule has 0 spiro atoms. The molecule has 0 saturated heterocycles. The second-order valence-electron chi connectivity index (χ2n) is 7.96. The molecule has 146 valence electrons. The number of rotatable bonds is 8. The Labute approximate surface area is 164 Å². The molecule has 0 radical (unpaired) electrons. The van der Waals surface area contributed by atoms with Gasteiger partial charge in [-0.3, -0.25) is 0 Å². The molecule has 4 rings (SSSR count). The number of aliphatic hydroxyl groups excluding tert-OH is 1. The maximum atomic E-state index is 10.4. The van der Waals surface area contributed by atoms with Crippen LogP contribution in [0, 0.1) is 0 Å². The zero-order valence-corrected chi connectivity index (χ0v) is 16.3. The van der Waals surface area contributed by atoms with Crippen molar-refractivity contribution in [3.05, 3.63) is 66.5 Å². The van der Waals surface area contributed by atoms with Gasteiger partial charge >= 0.3 is 0 Å². The Hall–Kier alpha value is -2.76. The molecule has 0 amide bonds. The number of β-amino-alcohol motifs (C(OH)–C–C–N with tert-alkyl or cyclic N) is 1. The SMILES string of the molecule is CC(C)(Cc1c[nH]c2ccccc12)NCC(O)COc1cccc2[nH]ccc12. The smallest absolute Gasteiger partial charge is 0.128 e. The van der Waals surface area contributed by atoms with Gasteiger partial charge < -0.3 is 25.1 Å². The van der Waals surface area contributed by atoms with Gasteiger partial charge in [-0.25, -0.2) is 0 Å². The number of ether oxygens (including phenoxy) is 1. The van der Waals surface area contributed by atoms with Crippen LogP contribution < -0.4 is 10.1 Å².